The monoisotopic (exact) mass is 294 g/mol. The molecule has 124 valence electrons. The molecule has 0 fully saturated rings. The minimum Gasteiger partial charge on any atom is -0.356 e. The quantitative estimate of drug-likeness (QED) is 0.399. The molecule has 0 amide bonds. The Kier molecular flexibility index (Phi) is 10.5. The summed E-state index contributed by atoms with van der Waals surface area (Å²) in [6.45, 7) is 9.36. The van der Waals surface area contributed by atoms with E-state index in [9.17, 15) is 0 Å². The van der Waals surface area contributed by atoms with Crippen LogP contribution in [0.5, 0.6) is 0 Å². The van der Waals surface area contributed by atoms with E-state index in [-0.39, 0.29) is 0 Å². The summed E-state index contributed by atoms with van der Waals surface area (Å²) < 4.78 is 0. The molecule has 0 N–H and O–H groups in total. The zero-order valence-corrected chi connectivity index (χ0v) is 14.8. The van der Waals surface area contributed by atoms with Gasteiger partial charge in [0.05, 0.1) is 0 Å². The molecule has 0 spiro atoms. The largest absolute Gasteiger partial charge is 0.356 e. The molecule has 0 saturated carbocycles. The molecule has 0 aromatic heterocycles. The van der Waals surface area contributed by atoms with Gasteiger partial charge in [-0.15, -0.1) is 0 Å². The predicted molar refractivity (Wildman–Crippen MR) is 94.1 cm³/mol. The average molecular weight is 295 g/mol. The fourth-order valence-electron chi connectivity index (χ4n) is 3.14. The third-order valence-corrected chi connectivity index (χ3v) is 4.57. The second-order valence-corrected chi connectivity index (χ2v) is 6.52. The minimum atomic E-state index is 0.646. The van der Waals surface area contributed by atoms with Crippen molar-refractivity contribution in [3.63, 3.8) is 0 Å². The van der Waals surface area contributed by atoms with Crippen LogP contribution in [0.2, 0.25) is 0 Å². The highest BCUT2D eigenvalue weighted by Gasteiger charge is 2.24. The Morgan fingerprint density at radius 1 is 0.619 bits per heavy atom. The minimum absolute atomic E-state index is 0.646. The summed E-state index contributed by atoms with van der Waals surface area (Å²) in [5.74, 6) is 0. The summed E-state index contributed by atoms with van der Waals surface area (Å²) in [5, 5.41) is 0. The van der Waals surface area contributed by atoms with E-state index in [1.807, 2.05) is 0 Å². The second-order valence-electron chi connectivity index (χ2n) is 6.52. The Balaban J connectivity index is 2.28. The molecular formula is C19H38N2. The second kappa shape index (κ2) is 11.9. The molecule has 2 heteroatoms. The maximum atomic E-state index is 2.60. The van der Waals surface area contributed by atoms with Gasteiger partial charge in [0.1, 0.15) is 6.17 Å². The van der Waals surface area contributed by atoms with Gasteiger partial charge < -0.3 is 9.80 Å². The van der Waals surface area contributed by atoms with E-state index in [1.165, 1.54) is 83.7 Å². The maximum absolute atomic E-state index is 2.60. The van der Waals surface area contributed by atoms with Crippen LogP contribution in [0.15, 0.2) is 12.4 Å². The Bertz CT molecular complexity index is 262. The van der Waals surface area contributed by atoms with Crippen LogP contribution < -0.4 is 0 Å². The fraction of sp³-hybridized carbons (Fsp3) is 0.895. The van der Waals surface area contributed by atoms with E-state index in [0.717, 1.165) is 0 Å². The average Bonchev–Trinajstić information content (AvgIpc) is 2.88. The summed E-state index contributed by atoms with van der Waals surface area (Å²) in [7, 11) is 0. The van der Waals surface area contributed by atoms with Gasteiger partial charge in [-0.1, -0.05) is 65.7 Å². The van der Waals surface area contributed by atoms with Crippen LogP contribution >= 0.6 is 0 Å². The van der Waals surface area contributed by atoms with Crippen molar-refractivity contribution in [2.75, 3.05) is 13.1 Å². The number of hydrogen-bond acceptors (Lipinski definition) is 2. The number of nitrogens with zero attached hydrogens (tertiary/aromatic N) is 2. The van der Waals surface area contributed by atoms with Crippen molar-refractivity contribution >= 4 is 0 Å². The zero-order valence-electron chi connectivity index (χ0n) is 14.8. The number of hydrogen-bond donors (Lipinski definition) is 0. The van der Waals surface area contributed by atoms with E-state index >= 15 is 0 Å². The van der Waals surface area contributed by atoms with Crippen LogP contribution in [0.4, 0.5) is 0 Å². The summed E-state index contributed by atoms with van der Waals surface area (Å²) in [6.07, 6.45) is 20.3. The van der Waals surface area contributed by atoms with Crippen LogP contribution in [0.3, 0.4) is 0 Å². The Morgan fingerprint density at radius 2 is 1.14 bits per heavy atom. The van der Waals surface area contributed by atoms with Crippen LogP contribution in [-0.2, 0) is 0 Å². The lowest BCUT2D eigenvalue weighted by Crippen LogP contribution is -2.39. The molecule has 1 unspecified atom stereocenters. The van der Waals surface area contributed by atoms with Crippen molar-refractivity contribution in [1.82, 2.24) is 9.80 Å². The van der Waals surface area contributed by atoms with Crippen molar-refractivity contribution in [1.29, 1.82) is 0 Å². The van der Waals surface area contributed by atoms with E-state index in [4.69, 9.17) is 0 Å². The molecule has 0 radical (unpaired) electrons. The van der Waals surface area contributed by atoms with Gasteiger partial charge in [-0.3, -0.25) is 0 Å². The van der Waals surface area contributed by atoms with Gasteiger partial charge in [0.25, 0.3) is 0 Å². The van der Waals surface area contributed by atoms with Gasteiger partial charge in [0.15, 0.2) is 0 Å². The Labute approximate surface area is 133 Å². The van der Waals surface area contributed by atoms with E-state index in [2.05, 4.69) is 43.0 Å². The highest BCUT2D eigenvalue weighted by atomic mass is 15.4. The molecule has 2 nitrogen and oxygen atoms in total. The van der Waals surface area contributed by atoms with Crippen molar-refractivity contribution in [2.45, 2.75) is 97.6 Å². The lowest BCUT2D eigenvalue weighted by Gasteiger charge is -2.33. The van der Waals surface area contributed by atoms with Gasteiger partial charge >= 0.3 is 0 Å². The highest BCUT2D eigenvalue weighted by Crippen LogP contribution is 2.22. The molecule has 0 aromatic carbocycles. The number of rotatable bonds is 13. The molecule has 1 rings (SSSR count). The van der Waals surface area contributed by atoms with Gasteiger partial charge in [0, 0.05) is 25.5 Å². The summed E-state index contributed by atoms with van der Waals surface area (Å²) in [5.41, 5.74) is 0. The summed E-state index contributed by atoms with van der Waals surface area (Å²) in [6, 6.07) is 0. The third-order valence-electron chi connectivity index (χ3n) is 4.57. The SMILES string of the molecule is CCCCCCCCN1C=CN(CCCC)C1CCCC. The summed E-state index contributed by atoms with van der Waals surface area (Å²) in [4.78, 5) is 5.18. The first-order chi connectivity index (χ1) is 10.3. The Morgan fingerprint density at radius 3 is 1.76 bits per heavy atom. The van der Waals surface area contributed by atoms with Gasteiger partial charge in [0.2, 0.25) is 0 Å². The van der Waals surface area contributed by atoms with E-state index in [0.29, 0.717) is 6.17 Å². The molecule has 1 aliphatic heterocycles. The van der Waals surface area contributed by atoms with Crippen LogP contribution in [0.1, 0.15) is 91.4 Å². The van der Waals surface area contributed by atoms with Crippen molar-refractivity contribution in [3.05, 3.63) is 12.4 Å². The smallest absolute Gasteiger partial charge is 0.101 e. The molecular weight excluding hydrogens is 256 g/mol. The van der Waals surface area contributed by atoms with Crippen LogP contribution in [0.25, 0.3) is 0 Å². The van der Waals surface area contributed by atoms with Crippen LogP contribution in [0, 0.1) is 0 Å². The van der Waals surface area contributed by atoms with E-state index in [1.54, 1.807) is 0 Å². The van der Waals surface area contributed by atoms with Crippen molar-refractivity contribution < 1.29 is 0 Å². The van der Waals surface area contributed by atoms with Crippen LogP contribution in [-0.4, -0.2) is 29.1 Å². The molecule has 1 heterocycles. The maximum Gasteiger partial charge on any atom is 0.101 e. The molecule has 21 heavy (non-hydrogen) atoms. The fourth-order valence-corrected chi connectivity index (χ4v) is 3.14. The molecule has 0 saturated heterocycles. The topological polar surface area (TPSA) is 6.48 Å². The van der Waals surface area contributed by atoms with Crippen molar-refractivity contribution in [2.24, 2.45) is 0 Å². The predicted octanol–water partition coefficient (Wildman–Crippen LogP) is 5.75. The molecule has 0 aliphatic carbocycles. The summed E-state index contributed by atoms with van der Waals surface area (Å²) >= 11 is 0. The lowest BCUT2D eigenvalue weighted by atomic mass is 10.1. The lowest BCUT2D eigenvalue weighted by molar-refractivity contribution is 0.137. The third kappa shape index (κ3) is 7.24. The van der Waals surface area contributed by atoms with Gasteiger partial charge in [-0.2, -0.15) is 0 Å². The first kappa shape index (κ1) is 18.4. The highest BCUT2D eigenvalue weighted by molar-refractivity contribution is 4.96. The zero-order chi connectivity index (χ0) is 15.3. The van der Waals surface area contributed by atoms with Crippen molar-refractivity contribution in [3.8, 4) is 0 Å². The first-order valence-electron chi connectivity index (χ1n) is 9.53. The molecule has 1 aliphatic rings. The van der Waals surface area contributed by atoms with Gasteiger partial charge in [-0.25, -0.2) is 0 Å². The molecule has 1 atom stereocenters. The first-order valence-corrected chi connectivity index (χ1v) is 9.53. The molecule has 0 bridgehead atoms. The number of unbranched alkanes of at least 4 members (excludes halogenated alkanes) is 7. The Hall–Kier alpha value is -0.660. The molecule has 0 aromatic rings. The van der Waals surface area contributed by atoms with Gasteiger partial charge in [-0.05, 0) is 25.7 Å². The normalized spacial score (nSPS) is 18.0. The van der Waals surface area contributed by atoms with E-state index < -0.39 is 0 Å². The standard InChI is InChI=1S/C19H38N2/c1-4-7-10-11-12-13-16-21-18-17-20(15-9-6-3)19(21)14-8-5-2/h17-19H,4-16H2,1-3H3.